The third-order valence-electron chi connectivity index (χ3n) is 4.92. The van der Waals surface area contributed by atoms with Gasteiger partial charge in [-0.15, -0.1) is 0 Å². The van der Waals surface area contributed by atoms with Crippen molar-refractivity contribution in [2.75, 3.05) is 0 Å². The molecule has 128 valence electrons. The molecule has 0 spiro atoms. The lowest BCUT2D eigenvalue weighted by molar-refractivity contribution is 1.35. The van der Waals surface area contributed by atoms with Gasteiger partial charge in [0, 0.05) is 21.5 Å². The number of benzene rings is 2. The van der Waals surface area contributed by atoms with Crippen molar-refractivity contribution in [2.24, 2.45) is 0 Å². The first-order valence-corrected chi connectivity index (χ1v) is 11.9. The summed E-state index contributed by atoms with van der Waals surface area (Å²) in [6.07, 6.45) is 0. The Morgan fingerprint density at radius 2 is 1.04 bits per heavy atom. The smallest absolute Gasteiger partial charge is 0.198 e. The van der Waals surface area contributed by atoms with E-state index in [1.165, 1.54) is 12.1 Å². The van der Waals surface area contributed by atoms with Gasteiger partial charge in [-0.1, -0.05) is 62.1 Å². The molecule has 0 unspecified atom stereocenters. The van der Waals surface area contributed by atoms with Crippen molar-refractivity contribution >= 4 is 34.8 Å². The van der Waals surface area contributed by atoms with Gasteiger partial charge >= 0.3 is 0 Å². The fourth-order valence-electron chi connectivity index (χ4n) is 3.68. The highest BCUT2D eigenvalue weighted by Crippen LogP contribution is 2.11. The molecule has 0 saturated heterocycles. The molecule has 0 bridgehead atoms. The summed E-state index contributed by atoms with van der Waals surface area (Å²) in [5, 5.41) is 1.19. The normalized spacial score (nSPS) is 12.3. The van der Waals surface area contributed by atoms with E-state index in [1.54, 1.807) is 24.3 Å². The highest BCUT2D eigenvalue weighted by Gasteiger charge is 2.24. The summed E-state index contributed by atoms with van der Waals surface area (Å²) in [7, 11) is -1.94. The Morgan fingerprint density at radius 3 is 1.58 bits per heavy atom. The van der Waals surface area contributed by atoms with Crippen molar-refractivity contribution in [1.82, 2.24) is 0 Å². The van der Waals surface area contributed by atoms with Gasteiger partial charge in [-0.05, 0) is 5.19 Å². The number of fused-ring (bicyclic) bond motifs is 2. The van der Waals surface area contributed by atoms with E-state index in [0.717, 1.165) is 5.19 Å². The van der Waals surface area contributed by atoms with Crippen LogP contribution in [0.3, 0.4) is 0 Å². The maximum Gasteiger partial charge on any atom is 0.198 e. The Bertz CT molecular complexity index is 1490. The van der Waals surface area contributed by atoms with Gasteiger partial charge in [-0.3, -0.25) is 19.2 Å². The van der Waals surface area contributed by atoms with Crippen LogP contribution in [0.1, 0.15) is 0 Å². The summed E-state index contributed by atoms with van der Waals surface area (Å²) < 4.78 is 0. The van der Waals surface area contributed by atoms with E-state index in [9.17, 15) is 19.2 Å². The van der Waals surface area contributed by atoms with Crippen molar-refractivity contribution < 1.29 is 0 Å². The molecule has 2 aromatic rings. The molecular formula is C21H16O4Si. The second kappa shape index (κ2) is 5.29. The fraction of sp³-hybridized carbons (Fsp3) is 0.143. The molecule has 26 heavy (non-hydrogen) atoms. The van der Waals surface area contributed by atoms with E-state index < -0.39 is 29.8 Å². The van der Waals surface area contributed by atoms with E-state index >= 15 is 0 Å². The van der Waals surface area contributed by atoms with Crippen molar-refractivity contribution in [3.63, 3.8) is 0 Å². The van der Waals surface area contributed by atoms with Crippen LogP contribution in [0.2, 0.25) is 19.6 Å². The zero-order chi connectivity index (χ0) is 18.8. The zero-order valence-electron chi connectivity index (χ0n) is 14.7. The van der Waals surface area contributed by atoms with Crippen LogP contribution in [0.5, 0.6) is 0 Å². The van der Waals surface area contributed by atoms with Crippen molar-refractivity contribution in [1.29, 1.82) is 0 Å². The Hall–Kier alpha value is -2.92. The first-order chi connectivity index (χ1) is 12.2. The minimum atomic E-state index is -1.94. The number of rotatable bonds is 1. The van der Waals surface area contributed by atoms with E-state index in [-0.39, 0.29) is 26.6 Å². The highest BCUT2D eigenvalue weighted by atomic mass is 28.3. The maximum absolute atomic E-state index is 13.3. The molecule has 0 N–H and O–H groups in total. The van der Waals surface area contributed by atoms with E-state index in [4.69, 9.17) is 0 Å². The SMILES string of the molecule is C[Si](C)(C)c1cccc2c(=O)c3c(=O)c4ccccc4c(=O)c=3c(=O)c12. The van der Waals surface area contributed by atoms with Crippen LogP contribution in [-0.2, 0) is 0 Å². The van der Waals surface area contributed by atoms with Gasteiger partial charge < -0.3 is 0 Å². The third kappa shape index (κ3) is 2.07. The molecule has 0 aromatic heterocycles. The van der Waals surface area contributed by atoms with Crippen LogP contribution in [-0.4, -0.2) is 8.07 Å². The lowest BCUT2D eigenvalue weighted by Gasteiger charge is -2.18. The van der Waals surface area contributed by atoms with Crippen LogP contribution in [0.4, 0.5) is 0 Å². The Balaban J connectivity index is 2.52. The average Bonchev–Trinajstić information content (AvgIpc) is 2.61. The summed E-state index contributed by atoms with van der Waals surface area (Å²) in [4.78, 5) is 52.2. The molecule has 0 aliphatic heterocycles. The second-order valence-electron chi connectivity index (χ2n) is 7.59. The van der Waals surface area contributed by atoms with E-state index in [1.807, 2.05) is 6.07 Å². The molecule has 5 heteroatoms. The predicted molar refractivity (Wildman–Crippen MR) is 107 cm³/mol. The molecule has 4 nitrogen and oxygen atoms in total. The van der Waals surface area contributed by atoms with Gasteiger partial charge in [-0.25, -0.2) is 0 Å². The topological polar surface area (TPSA) is 68.3 Å². The molecule has 0 amide bonds. The van der Waals surface area contributed by atoms with Crippen LogP contribution in [0.25, 0.3) is 21.5 Å². The average molecular weight is 360 g/mol. The van der Waals surface area contributed by atoms with E-state index in [0.29, 0.717) is 5.39 Å². The lowest BCUT2D eigenvalue weighted by atomic mass is 10.00. The maximum atomic E-state index is 13.3. The zero-order valence-corrected chi connectivity index (χ0v) is 15.7. The number of hydrogen-bond acceptors (Lipinski definition) is 4. The molecule has 0 saturated carbocycles. The Labute approximate surface area is 148 Å². The van der Waals surface area contributed by atoms with Crippen molar-refractivity contribution in [2.45, 2.75) is 19.6 Å². The standard InChI is InChI=1S/C21H16O4Si/c1-26(2,3)14-10-6-9-13-15(14)21(25)17-16(20(13)24)18(22)11-7-4-5-8-12(11)19(17)23/h4-10H,1-3H3. The molecule has 2 aromatic carbocycles. The van der Waals surface area contributed by atoms with Crippen LogP contribution >= 0.6 is 0 Å². The molecule has 0 atom stereocenters. The van der Waals surface area contributed by atoms with Crippen LogP contribution in [0.15, 0.2) is 61.6 Å². The summed E-state index contributed by atoms with van der Waals surface area (Å²) >= 11 is 0. The van der Waals surface area contributed by atoms with Crippen LogP contribution in [0, 0.1) is 10.4 Å². The largest absolute Gasteiger partial charge is 0.288 e. The second-order valence-corrected chi connectivity index (χ2v) is 12.6. The fourth-order valence-corrected chi connectivity index (χ4v) is 5.27. The van der Waals surface area contributed by atoms with Crippen molar-refractivity contribution in [3.8, 4) is 0 Å². The summed E-state index contributed by atoms with van der Waals surface area (Å²) in [5.74, 6) is 0. The van der Waals surface area contributed by atoms with Gasteiger partial charge in [0.15, 0.2) is 21.7 Å². The summed E-state index contributed by atoms with van der Waals surface area (Å²) in [5.41, 5.74) is -2.11. The minimum Gasteiger partial charge on any atom is -0.288 e. The van der Waals surface area contributed by atoms with Gasteiger partial charge in [0.2, 0.25) is 0 Å². The summed E-state index contributed by atoms with van der Waals surface area (Å²) in [6.45, 7) is 6.23. The lowest BCUT2D eigenvalue weighted by Crippen LogP contribution is -2.42. The Morgan fingerprint density at radius 1 is 0.577 bits per heavy atom. The first kappa shape index (κ1) is 16.5. The van der Waals surface area contributed by atoms with Gasteiger partial charge in [0.25, 0.3) is 0 Å². The molecular weight excluding hydrogens is 344 g/mol. The highest BCUT2D eigenvalue weighted by molar-refractivity contribution is 6.90. The molecule has 0 heterocycles. The predicted octanol–water partition coefficient (Wildman–Crippen LogP) is 1.58. The van der Waals surface area contributed by atoms with Crippen molar-refractivity contribution in [3.05, 3.63) is 93.8 Å². The molecule has 0 fully saturated rings. The minimum absolute atomic E-state index is 0.183. The monoisotopic (exact) mass is 360 g/mol. The van der Waals surface area contributed by atoms with Gasteiger partial charge in [0.05, 0.1) is 18.5 Å². The molecule has 4 rings (SSSR count). The quantitative estimate of drug-likeness (QED) is 0.483. The molecule has 2 aliphatic rings. The molecule has 0 radical (unpaired) electrons. The van der Waals surface area contributed by atoms with Gasteiger partial charge in [0.1, 0.15) is 0 Å². The van der Waals surface area contributed by atoms with Crippen LogP contribution < -0.4 is 26.9 Å². The number of hydrogen-bond donors (Lipinski definition) is 0. The van der Waals surface area contributed by atoms with E-state index in [2.05, 4.69) is 19.6 Å². The Kier molecular flexibility index (Phi) is 3.36. The third-order valence-corrected chi connectivity index (χ3v) is 6.95. The van der Waals surface area contributed by atoms with Gasteiger partial charge in [-0.2, -0.15) is 0 Å². The molecule has 2 aliphatic carbocycles. The summed E-state index contributed by atoms with van der Waals surface area (Å²) in [6, 6.07) is 11.5. The first-order valence-electron chi connectivity index (χ1n) is 8.39.